The van der Waals surface area contributed by atoms with Crippen LogP contribution in [0, 0.1) is 13.8 Å². The van der Waals surface area contributed by atoms with Gasteiger partial charge in [-0.2, -0.15) is 0 Å². The molecule has 31 heavy (non-hydrogen) atoms. The van der Waals surface area contributed by atoms with Crippen LogP contribution in [0.3, 0.4) is 0 Å². The highest BCUT2D eigenvalue weighted by molar-refractivity contribution is 9.10. The van der Waals surface area contributed by atoms with E-state index in [1.807, 2.05) is 45.0 Å². The minimum atomic E-state index is -0.588. The number of H-pyrrole nitrogens is 1. The Morgan fingerprint density at radius 3 is 2.29 bits per heavy atom. The number of ether oxygens (including phenoxy) is 2. The van der Waals surface area contributed by atoms with Gasteiger partial charge in [0.05, 0.1) is 30.8 Å². The van der Waals surface area contributed by atoms with E-state index in [0.29, 0.717) is 29.0 Å². The number of carbonyl (C=O) groups excluding carboxylic acids is 2. The summed E-state index contributed by atoms with van der Waals surface area (Å²) in [5.41, 5.74) is 6.19. The van der Waals surface area contributed by atoms with Gasteiger partial charge in [-0.25, -0.2) is 9.59 Å². The topological polar surface area (TPSA) is 80.4 Å². The van der Waals surface area contributed by atoms with E-state index in [0.717, 1.165) is 27.0 Å². The van der Waals surface area contributed by atoms with Crippen LogP contribution < -0.4 is 5.32 Å². The number of aromatic amines is 1. The number of hydrogen-bond acceptors (Lipinski definition) is 5. The third-order valence-corrected chi connectivity index (χ3v) is 5.92. The molecule has 0 saturated carbocycles. The fourth-order valence-corrected chi connectivity index (χ4v) is 4.45. The Kier molecular flexibility index (Phi) is 7.05. The quantitative estimate of drug-likeness (QED) is 0.583. The fourth-order valence-electron chi connectivity index (χ4n) is 4.04. The number of nitrogens with one attached hydrogen (secondary N) is 2. The fraction of sp³-hybridized carbons (Fsp3) is 0.333. The highest BCUT2D eigenvalue weighted by Gasteiger charge is 2.37. The molecule has 0 saturated heterocycles. The summed E-state index contributed by atoms with van der Waals surface area (Å²) in [5, 5.41) is 3.15. The van der Waals surface area contributed by atoms with E-state index in [-0.39, 0.29) is 6.61 Å². The molecule has 3 rings (SSSR count). The first-order chi connectivity index (χ1) is 14.7. The zero-order valence-electron chi connectivity index (χ0n) is 18.4. The summed E-state index contributed by atoms with van der Waals surface area (Å²) < 4.78 is 11.6. The Morgan fingerprint density at radius 2 is 1.71 bits per heavy atom. The lowest BCUT2D eigenvalue weighted by atomic mass is 9.80. The van der Waals surface area contributed by atoms with Gasteiger partial charge in [0.1, 0.15) is 0 Å². The third kappa shape index (κ3) is 4.93. The van der Waals surface area contributed by atoms with E-state index in [2.05, 4.69) is 32.3 Å². The highest BCUT2D eigenvalue weighted by Crippen LogP contribution is 2.39. The third-order valence-electron chi connectivity index (χ3n) is 5.43. The number of rotatable bonds is 6. The Labute approximate surface area is 190 Å². The van der Waals surface area contributed by atoms with Crippen molar-refractivity contribution in [2.45, 2.75) is 40.0 Å². The van der Waals surface area contributed by atoms with Crippen LogP contribution in [0.25, 0.3) is 0 Å². The van der Waals surface area contributed by atoms with E-state index in [9.17, 15) is 9.59 Å². The summed E-state index contributed by atoms with van der Waals surface area (Å²) in [4.78, 5) is 29.1. The number of aromatic nitrogens is 1. The molecule has 0 bridgehead atoms. The zero-order valence-corrected chi connectivity index (χ0v) is 20.0. The van der Waals surface area contributed by atoms with Crippen molar-refractivity contribution in [1.82, 2.24) is 10.3 Å². The lowest BCUT2D eigenvalue weighted by Gasteiger charge is -2.30. The van der Waals surface area contributed by atoms with E-state index < -0.39 is 17.9 Å². The molecule has 6 nitrogen and oxygen atoms in total. The van der Waals surface area contributed by atoms with E-state index in [4.69, 9.17) is 9.47 Å². The van der Waals surface area contributed by atoms with Crippen LogP contribution in [0.5, 0.6) is 0 Å². The number of methoxy groups -OCH3 is 1. The van der Waals surface area contributed by atoms with Gasteiger partial charge in [0.25, 0.3) is 0 Å². The van der Waals surface area contributed by atoms with Crippen LogP contribution in [0.2, 0.25) is 0 Å². The molecule has 0 radical (unpaired) electrons. The molecule has 1 aromatic carbocycles. The van der Waals surface area contributed by atoms with Gasteiger partial charge in [-0.3, -0.25) is 0 Å². The standard InChI is InChI=1S/C24H27BrN2O4/c1-13-11-17(14(2)26-13)9-10-31-24(29)21-16(4)27-15(3)20(23(28)30-5)22(21)18-7-6-8-19(25)12-18/h6-8,11-12,22,26-27H,9-10H2,1-5H3. The van der Waals surface area contributed by atoms with Gasteiger partial charge in [0, 0.05) is 33.7 Å². The lowest BCUT2D eigenvalue weighted by molar-refractivity contribution is -0.139. The van der Waals surface area contributed by atoms with Crippen molar-refractivity contribution in [3.63, 3.8) is 0 Å². The Morgan fingerprint density at radius 1 is 1.03 bits per heavy atom. The highest BCUT2D eigenvalue weighted by atomic mass is 79.9. The second kappa shape index (κ2) is 9.56. The van der Waals surface area contributed by atoms with Gasteiger partial charge in [-0.15, -0.1) is 0 Å². The molecule has 7 heteroatoms. The van der Waals surface area contributed by atoms with Crippen LogP contribution in [0.1, 0.15) is 42.3 Å². The maximum Gasteiger partial charge on any atom is 0.336 e. The molecule has 0 fully saturated rings. The van der Waals surface area contributed by atoms with Crippen LogP contribution in [-0.2, 0) is 25.5 Å². The number of carbonyl (C=O) groups is 2. The van der Waals surface area contributed by atoms with Crippen LogP contribution in [-0.4, -0.2) is 30.6 Å². The number of dihydropyridines is 1. The minimum absolute atomic E-state index is 0.245. The molecule has 2 heterocycles. The van der Waals surface area contributed by atoms with Crippen molar-refractivity contribution >= 4 is 27.9 Å². The summed E-state index contributed by atoms with van der Waals surface area (Å²) in [5.74, 6) is -1.52. The molecule has 1 aliphatic heterocycles. The maximum absolute atomic E-state index is 13.2. The van der Waals surface area contributed by atoms with Gasteiger partial charge in [-0.05, 0) is 57.0 Å². The molecule has 2 N–H and O–H groups in total. The van der Waals surface area contributed by atoms with Gasteiger partial charge in [-0.1, -0.05) is 28.1 Å². The smallest absolute Gasteiger partial charge is 0.336 e. The average molecular weight is 487 g/mol. The number of aryl methyl sites for hydroxylation is 2. The molecule has 0 aliphatic carbocycles. The van der Waals surface area contributed by atoms with Gasteiger partial charge in [0.2, 0.25) is 0 Å². The first kappa shape index (κ1) is 22.9. The second-order valence-corrected chi connectivity index (χ2v) is 8.59. The van der Waals surface area contributed by atoms with Crippen molar-refractivity contribution in [2.75, 3.05) is 13.7 Å². The number of esters is 2. The Balaban J connectivity index is 1.91. The monoisotopic (exact) mass is 486 g/mol. The molecular formula is C24H27BrN2O4. The molecule has 0 amide bonds. The zero-order chi connectivity index (χ0) is 22.7. The van der Waals surface area contributed by atoms with Gasteiger partial charge in [0.15, 0.2) is 0 Å². The second-order valence-electron chi connectivity index (χ2n) is 7.67. The lowest BCUT2D eigenvalue weighted by Crippen LogP contribution is -2.32. The number of halogens is 1. The molecule has 1 atom stereocenters. The average Bonchev–Trinajstić information content (AvgIpc) is 3.03. The molecular weight excluding hydrogens is 460 g/mol. The van der Waals surface area contributed by atoms with Crippen molar-refractivity contribution in [2.24, 2.45) is 0 Å². The summed E-state index contributed by atoms with van der Waals surface area (Å²) in [6.07, 6.45) is 0.613. The number of allylic oxidation sites excluding steroid dienone is 2. The summed E-state index contributed by atoms with van der Waals surface area (Å²) in [6, 6.07) is 9.62. The Bertz CT molecular complexity index is 1080. The molecule has 1 aliphatic rings. The maximum atomic E-state index is 13.2. The minimum Gasteiger partial charge on any atom is -0.466 e. The Hall–Kier alpha value is -2.80. The normalized spacial score (nSPS) is 16.3. The van der Waals surface area contributed by atoms with Crippen molar-refractivity contribution < 1.29 is 19.1 Å². The van der Waals surface area contributed by atoms with E-state index >= 15 is 0 Å². The van der Waals surface area contributed by atoms with Crippen LogP contribution in [0.15, 0.2) is 57.3 Å². The van der Waals surface area contributed by atoms with Gasteiger partial charge >= 0.3 is 11.9 Å². The molecule has 2 aromatic rings. The predicted octanol–water partition coefficient (Wildman–Crippen LogP) is 4.59. The van der Waals surface area contributed by atoms with E-state index in [1.54, 1.807) is 6.92 Å². The summed E-state index contributed by atoms with van der Waals surface area (Å²) in [7, 11) is 1.34. The molecule has 1 unspecified atom stereocenters. The van der Waals surface area contributed by atoms with Crippen LogP contribution in [0.4, 0.5) is 0 Å². The van der Waals surface area contributed by atoms with E-state index in [1.165, 1.54) is 7.11 Å². The van der Waals surface area contributed by atoms with Crippen molar-refractivity contribution in [3.05, 3.63) is 79.9 Å². The summed E-state index contributed by atoms with van der Waals surface area (Å²) >= 11 is 3.48. The molecule has 0 spiro atoms. The first-order valence-corrected chi connectivity index (χ1v) is 10.9. The number of benzene rings is 1. The first-order valence-electron chi connectivity index (χ1n) is 10.1. The summed E-state index contributed by atoms with van der Waals surface area (Å²) in [6.45, 7) is 7.87. The van der Waals surface area contributed by atoms with Gasteiger partial charge < -0.3 is 19.8 Å². The predicted molar refractivity (Wildman–Crippen MR) is 122 cm³/mol. The van der Waals surface area contributed by atoms with Crippen molar-refractivity contribution in [1.29, 1.82) is 0 Å². The largest absolute Gasteiger partial charge is 0.466 e. The van der Waals surface area contributed by atoms with Crippen LogP contribution >= 0.6 is 15.9 Å². The number of hydrogen-bond donors (Lipinski definition) is 2. The molecule has 164 valence electrons. The SMILES string of the molecule is COC(=O)C1=C(C)NC(C)=C(C(=O)OCCc2cc(C)[nH]c2C)C1c1cccc(Br)c1. The molecule has 1 aromatic heterocycles. The van der Waals surface area contributed by atoms with Crippen molar-refractivity contribution in [3.8, 4) is 0 Å².